The minimum Gasteiger partial charge on any atom is -0.499 e. The normalized spacial score (nSPS) is 9.85. The van der Waals surface area contributed by atoms with Crippen molar-refractivity contribution in [3.8, 4) is 0 Å². The third-order valence-electron chi connectivity index (χ3n) is 6.61. The van der Waals surface area contributed by atoms with Crippen LogP contribution in [0.4, 0.5) is 0 Å². The molecule has 0 atom stereocenters. The van der Waals surface area contributed by atoms with Gasteiger partial charge in [-0.15, -0.1) is 0 Å². The van der Waals surface area contributed by atoms with Gasteiger partial charge in [-0.2, -0.15) is 0 Å². The van der Waals surface area contributed by atoms with E-state index in [2.05, 4.69) is 55.0 Å². The van der Waals surface area contributed by atoms with Crippen LogP contribution in [0.1, 0.15) is 204 Å². The standard InChI is InChI=1S/C18H37NO.C10H22.C4H10O.C4H10.CH4/c1-3-4-5-6-7-11-14-17-20-18(2)15-12-9-8-10-13-16-19;1-4-5-6-7-8-9-10(2)3;1-2-3-4-5;1-3-4-2;/h2-17,19H2,1H3;10H,4-9H2,1-3H3;5H,2-4H2,1H3;3-4H2,1-2H3;1H4. The topological polar surface area (TPSA) is 55.5 Å². The molecule has 0 spiro atoms. The molecule has 248 valence electrons. The minimum absolute atomic E-state index is 0. The van der Waals surface area contributed by atoms with Crippen LogP contribution in [0.5, 0.6) is 0 Å². The summed E-state index contributed by atoms with van der Waals surface area (Å²) in [6.45, 7) is 21.6. The van der Waals surface area contributed by atoms with Crippen LogP contribution in [0.25, 0.3) is 0 Å². The lowest BCUT2D eigenvalue weighted by Crippen LogP contribution is -1.98. The monoisotopic (exact) mass is 574 g/mol. The summed E-state index contributed by atoms with van der Waals surface area (Å²) >= 11 is 0. The fourth-order valence-electron chi connectivity index (χ4n) is 3.66. The molecule has 0 saturated heterocycles. The van der Waals surface area contributed by atoms with Crippen molar-refractivity contribution in [1.29, 1.82) is 0 Å². The number of hydrogen-bond acceptors (Lipinski definition) is 3. The molecule has 0 saturated carbocycles. The summed E-state index contributed by atoms with van der Waals surface area (Å²) in [6, 6.07) is 0. The van der Waals surface area contributed by atoms with Gasteiger partial charge < -0.3 is 15.6 Å². The first-order valence-corrected chi connectivity index (χ1v) is 17.5. The molecule has 3 N–H and O–H groups in total. The van der Waals surface area contributed by atoms with Crippen LogP contribution in [-0.2, 0) is 4.74 Å². The van der Waals surface area contributed by atoms with E-state index in [0.29, 0.717) is 6.61 Å². The number of rotatable bonds is 25. The summed E-state index contributed by atoms with van der Waals surface area (Å²) in [6.07, 6.45) is 29.8. The molecule has 0 aromatic heterocycles. The van der Waals surface area contributed by atoms with Gasteiger partial charge in [0.15, 0.2) is 0 Å². The first-order chi connectivity index (χ1) is 18.9. The average molecular weight is 574 g/mol. The number of allylic oxidation sites excluding steroid dienone is 1. The lowest BCUT2D eigenvalue weighted by atomic mass is 10.0. The number of aliphatic hydroxyl groups is 1. The van der Waals surface area contributed by atoms with E-state index in [4.69, 9.17) is 15.6 Å². The highest BCUT2D eigenvalue weighted by atomic mass is 16.5. The van der Waals surface area contributed by atoms with E-state index in [0.717, 1.165) is 50.5 Å². The fraction of sp³-hybridized carbons (Fsp3) is 0.946. The van der Waals surface area contributed by atoms with Crippen LogP contribution in [0.3, 0.4) is 0 Å². The van der Waals surface area contributed by atoms with E-state index < -0.39 is 0 Å². The number of aliphatic hydroxyl groups excluding tert-OH is 1. The Morgan fingerprint density at radius 3 is 1.43 bits per heavy atom. The predicted molar refractivity (Wildman–Crippen MR) is 187 cm³/mol. The molecule has 0 aliphatic heterocycles. The van der Waals surface area contributed by atoms with Crippen LogP contribution in [-0.4, -0.2) is 24.9 Å². The quantitative estimate of drug-likeness (QED) is 0.0843. The summed E-state index contributed by atoms with van der Waals surface area (Å²) < 4.78 is 5.68. The summed E-state index contributed by atoms with van der Waals surface area (Å²) in [4.78, 5) is 0. The van der Waals surface area contributed by atoms with Gasteiger partial charge >= 0.3 is 0 Å². The van der Waals surface area contributed by atoms with Crippen molar-refractivity contribution in [1.82, 2.24) is 0 Å². The number of ether oxygens (including phenoxy) is 1. The van der Waals surface area contributed by atoms with Crippen LogP contribution >= 0.6 is 0 Å². The highest BCUT2D eigenvalue weighted by Crippen LogP contribution is 2.12. The molecular weight excluding hydrogens is 490 g/mol. The molecule has 0 amide bonds. The van der Waals surface area contributed by atoms with Crippen molar-refractivity contribution in [3.05, 3.63) is 12.3 Å². The molecular formula is C37H83NO2. The van der Waals surface area contributed by atoms with Gasteiger partial charge in [-0.3, -0.25) is 0 Å². The third kappa shape index (κ3) is 66.0. The van der Waals surface area contributed by atoms with E-state index in [1.165, 1.54) is 122 Å². The minimum atomic E-state index is 0. The summed E-state index contributed by atoms with van der Waals surface area (Å²) in [5.74, 6) is 1.89. The van der Waals surface area contributed by atoms with Crippen molar-refractivity contribution in [2.24, 2.45) is 11.7 Å². The molecule has 0 radical (unpaired) electrons. The van der Waals surface area contributed by atoms with E-state index in [9.17, 15) is 0 Å². The molecule has 0 aromatic rings. The molecule has 3 heteroatoms. The van der Waals surface area contributed by atoms with Crippen LogP contribution in [0.15, 0.2) is 12.3 Å². The number of nitrogens with two attached hydrogens (primary N) is 1. The van der Waals surface area contributed by atoms with E-state index in [-0.39, 0.29) is 7.43 Å². The highest BCUT2D eigenvalue weighted by Gasteiger charge is 1.97. The maximum Gasteiger partial charge on any atom is 0.0888 e. The second-order valence-electron chi connectivity index (χ2n) is 11.5. The molecule has 0 rings (SSSR count). The maximum absolute atomic E-state index is 8.07. The SMILES string of the molecule is C.C=C(CCCCCCCN)OCCCCCCCCC.CCCC.CCCCCCCC(C)C.CCCCO. The third-order valence-corrected chi connectivity index (χ3v) is 6.61. The van der Waals surface area contributed by atoms with Crippen molar-refractivity contribution in [2.75, 3.05) is 19.8 Å². The van der Waals surface area contributed by atoms with Crippen molar-refractivity contribution < 1.29 is 9.84 Å². The van der Waals surface area contributed by atoms with Gasteiger partial charge in [0.25, 0.3) is 0 Å². The zero-order chi connectivity index (χ0) is 30.2. The summed E-state index contributed by atoms with van der Waals surface area (Å²) in [5, 5.41) is 8.07. The van der Waals surface area contributed by atoms with E-state index >= 15 is 0 Å². The zero-order valence-electron chi connectivity index (χ0n) is 28.6. The molecule has 40 heavy (non-hydrogen) atoms. The van der Waals surface area contributed by atoms with Crippen molar-refractivity contribution >= 4 is 0 Å². The Labute approximate surface area is 256 Å². The Balaban J connectivity index is -0.000000169. The lowest BCUT2D eigenvalue weighted by Gasteiger charge is -2.09. The summed E-state index contributed by atoms with van der Waals surface area (Å²) in [7, 11) is 0. The van der Waals surface area contributed by atoms with Gasteiger partial charge in [-0.25, -0.2) is 0 Å². The van der Waals surface area contributed by atoms with Gasteiger partial charge in [0.1, 0.15) is 0 Å². The average Bonchev–Trinajstić information content (AvgIpc) is 2.93. The Morgan fingerprint density at radius 2 is 1.02 bits per heavy atom. The van der Waals surface area contributed by atoms with Gasteiger partial charge in [0.2, 0.25) is 0 Å². The molecule has 0 aliphatic carbocycles. The lowest BCUT2D eigenvalue weighted by molar-refractivity contribution is 0.195. The molecule has 0 bridgehead atoms. The second-order valence-corrected chi connectivity index (χ2v) is 11.5. The first kappa shape index (κ1) is 49.2. The highest BCUT2D eigenvalue weighted by molar-refractivity contribution is 4.81. The largest absolute Gasteiger partial charge is 0.499 e. The Morgan fingerprint density at radius 1 is 0.600 bits per heavy atom. The van der Waals surface area contributed by atoms with Crippen LogP contribution in [0.2, 0.25) is 0 Å². The molecule has 0 aromatic carbocycles. The Kier molecular flexibility index (Phi) is 62.9. The molecule has 3 nitrogen and oxygen atoms in total. The number of unbranched alkanes of at least 4 members (excludes halogenated alkanes) is 16. The van der Waals surface area contributed by atoms with Crippen molar-refractivity contribution in [3.63, 3.8) is 0 Å². The summed E-state index contributed by atoms with van der Waals surface area (Å²) in [5.41, 5.74) is 5.47. The Hall–Kier alpha value is -0.540. The molecule has 0 fully saturated rings. The van der Waals surface area contributed by atoms with Gasteiger partial charge in [-0.1, -0.05) is 178 Å². The smallest absolute Gasteiger partial charge is 0.0888 e. The predicted octanol–water partition coefficient (Wildman–Crippen LogP) is 12.8. The van der Waals surface area contributed by atoms with Crippen LogP contribution < -0.4 is 5.73 Å². The van der Waals surface area contributed by atoms with Crippen molar-refractivity contribution in [2.45, 2.75) is 204 Å². The fourth-order valence-corrected chi connectivity index (χ4v) is 3.66. The Bertz CT molecular complexity index is 380. The van der Waals surface area contributed by atoms with Gasteiger partial charge in [0.05, 0.1) is 12.4 Å². The zero-order valence-corrected chi connectivity index (χ0v) is 28.6. The van der Waals surface area contributed by atoms with Gasteiger partial charge in [0, 0.05) is 13.0 Å². The number of hydrogen-bond donors (Lipinski definition) is 2. The van der Waals surface area contributed by atoms with Gasteiger partial charge in [-0.05, 0) is 38.1 Å². The second kappa shape index (κ2) is 51.2. The molecule has 0 aliphatic rings. The van der Waals surface area contributed by atoms with E-state index in [1.54, 1.807) is 0 Å². The molecule has 0 unspecified atom stereocenters. The van der Waals surface area contributed by atoms with Crippen LogP contribution in [0, 0.1) is 5.92 Å². The molecule has 0 heterocycles. The van der Waals surface area contributed by atoms with E-state index in [1.807, 2.05) is 0 Å². The maximum atomic E-state index is 8.07. The first-order valence-electron chi connectivity index (χ1n) is 17.5.